The molecule has 0 atom stereocenters. The lowest BCUT2D eigenvalue weighted by Gasteiger charge is -2.29. The number of nitrogens with one attached hydrogen (secondary N) is 1. The molecule has 3 rings (SSSR count). The number of halogens is 1. The molecule has 1 aliphatic carbocycles. The molecule has 1 N–H and O–H groups in total. The average Bonchev–Trinajstić information content (AvgIpc) is 3.39. The Balaban J connectivity index is 1.53. The molecule has 132 valence electrons. The van der Waals surface area contributed by atoms with E-state index in [4.69, 9.17) is 28.6 Å². The van der Waals surface area contributed by atoms with Crippen molar-refractivity contribution in [3.05, 3.63) is 34.9 Å². The number of hydrogen-bond acceptors (Lipinski definition) is 3. The summed E-state index contributed by atoms with van der Waals surface area (Å²) in [7, 11) is 0. The Hall–Kier alpha value is -0.880. The summed E-state index contributed by atoms with van der Waals surface area (Å²) in [5, 5.41) is 5.12. The van der Waals surface area contributed by atoms with E-state index in [1.165, 1.54) is 18.4 Å². The molecule has 1 aliphatic heterocycles. The quantitative estimate of drug-likeness (QED) is 0.748. The highest BCUT2D eigenvalue weighted by atomic mass is 35.5. The number of benzene rings is 1. The summed E-state index contributed by atoms with van der Waals surface area (Å²) in [4.78, 5) is 4.75. The molecule has 2 fully saturated rings. The van der Waals surface area contributed by atoms with E-state index >= 15 is 0 Å². The third-order valence-electron chi connectivity index (χ3n) is 4.46. The van der Waals surface area contributed by atoms with E-state index in [-0.39, 0.29) is 0 Å². The summed E-state index contributed by atoms with van der Waals surface area (Å²) >= 11 is 11.8. The highest BCUT2D eigenvalue weighted by Gasteiger charge is 2.24. The van der Waals surface area contributed by atoms with Crippen LogP contribution in [0.4, 0.5) is 0 Å². The maximum absolute atomic E-state index is 6.12. The molecule has 0 aromatic heterocycles. The van der Waals surface area contributed by atoms with Crippen molar-refractivity contribution in [2.45, 2.75) is 31.8 Å². The highest BCUT2D eigenvalue weighted by molar-refractivity contribution is 7.80. The molecule has 1 saturated heterocycles. The zero-order valence-corrected chi connectivity index (χ0v) is 15.6. The second kappa shape index (κ2) is 8.99. The standard InChI is InChI=1S/C18H26ClN3OS/c19-16-4-1-3-15(13-16)14-22(18(24)20-17-5-6-17)8-2-7-21-9-11-23-12-10-21/h1,3-4,13,17H,2,5-12,14H2,(H,20,24). The molecule has 6 heteroatoms. The van der Waals surface area contributed by atoms with Gasteiger partial charge in [-0.3, -0.25) is 4.90 Å². The molecular formula is C18H26ClN3OS. The minimum Gasteiger partial charge on any atom is -0.379 e. The van der Waals surface area contributed by atoms with Crippen LogP contribution < -0.4 is 5.32 Å². The molecule has 1 heterocycles. The van der Waals surface area contributed by atoms with E-state index in [1.54, 1.807) is 0 Å². The van der Waals surface area contributed by atoms with E-state index < -0.39 is 0 Å². The molecule has 0 amide bonds. The van der Waals surface area contributed by atoms with Gasteiger partial charge in [0.2, 0.25) is 0 Å². The van der Waals surface area contributed by atoms with Crippen LogP contribution in [0.25, 0.3) is 0 Å². The van der Waals surface area contributed by atoms with E-state index in [1.807, 2.05) is 18.2 Å². The maximum atomic E-state index is 6.12. The van der Waals surface area contributed by atoms with Crippen LogP contribution >= 0.6 is 23.8 Å². The number of ether oxygens (including phenoxy) is 1. The second-order valence-corrected chi connectivity index (χ2v) is 7.41. The van der Waals surface area contributed by atoms with E-state index in [9.17, 15) is 0 Å². The van der Waals surface area contributed by atoms with Crippen molar-refractivity contribution < 1.29 is 4.74 Å². The van der Waals surface area contributed by atoms with Crippen LogP contribution in [0.5, 0.6) is 0 Å². The maximum Gasteiger partial charge on any atom is 0.169 e. The molecule has 1 aromatic rings. The fraction of sp³-hybridized carbons (Fsp3) is 0.611. The first kappa shape index (κ1) is 17.9. The summed E-state index contributed by atoms with van der Waals surface area (Å²) in [6.07, 6.45) is 3.57. The summed E-state index contributed by atoms with van der Waals surface area (Å²) in [6.45, 7) is 6.66. The van der Waals surface area contributed by atoms with E-state index in [0.717, 1.165) is 62.5 Å². The summed E-state index contributed by atoms with van der Waals surface area (Å²) in [6, 6.07) is 8.63. The monoisotopic (exact) mass is 367 g/mol. The predicted octanol–water partition coefficient (Wildman–Crippen LogP) is 2.90. The molecular weight excluding hydrogens is 342 g/mol. The number of nitrogens with zero attached hydrogens (tertiary/aromatic N) is 2. The van der Waals surface area contributed by atoms with Crippen molar-refractivity contribution in [2.75, 3.05) is 39.4 Å². The minimum absolute atomic E-state index is 0.582. The average molecular weight is 368 g/mol. The summed E-state index contributed by atoms with van der Waals surface area (Å²) < 4.78 is 5.41. The van der Waals surface area contributed by atoms with E-state index in [2.05, 4.69) is 21.2 Å². The lowest BCUT2D eigenvalue weighted by molar-refractivity contribution is 0.0367. The third kappa shape index (κ3) is 5.88. The molecule has 0 radical (unpaired) electrons. The van der Waals surface area contributed by atoms with Gasteiger partial charge in [0.05, 0.1) is 13.2 Å². The van der Waals surface area contributed by atoms with Crippen molar-refractivity contribution in [2.24, 2.45) is 0 Å². The van der Waals surface area contributed by atoms with Crippen LogP contribution in [0.15, 0.2) is 24.3 Å². The fourth-order valence-electron chi connectivity index (χ4n) is 2.91. The van der Waals surface area contributed by atoms with Crippen molar-refractivity contribution in [3.8, 4) is 0 Å². The second-order valence-electron chi connectivity index (χ2n) is 6.58. The van der Waals surface area contributed by atoms with Crippen molar-refractivity contribution in [1.29, 1.82) is 0 Å². The molecule has 0 unspecified atom stereocenters. The Morgan fingerprint density at radius 3 is 2.83 bits per heavy atom. The fourth-order valence-corrected chi connectivity index (χ4v) is 3.45. The zero-order valence-electron chi connectivity index (χ0n) is 14.0. The van der Waals surface area contributed by atoms with Crippen molar-refractivity contribution >= 4 is 28.9 Å². The summed E-state index contributed by atoms with van der Waals surface area (Å²) in [5.41, 5.74) is 1.20. The first-order chi connectivity index (χ1) is 11.7. The molecule has 1 saturated carbocycles. The Bertz CT molecular complexity index is 547. The third-order valence-corrected chi connectivity index (χ3v) is 5.07. The molecule has 0 bridgehead atoms. The van der Waals surface area contributed by atoms with Crippen LogP contribution in [0, 0.1) is 0 Å². The van der Waals surface area contributed by atoms with Gasteiger partial charge in [-0.15, -0.1) is 0 Å². The van der Waals surface area contributed by atoms with Crippen LogP contribution in [-0.4, -0.2) is 60.3 Å². The predicted molar refractivity (Wildman–Crippen MR) is 102 cm³/mol. The largest absolute Gasteiger partial charge is 0.379 e. The number of morpholine rings is 1. The molecule has 4 nitrogen and oxygen atoms in total. The van der Waals surface area contributed by atoms with Gasteiger partial charge in [-0.1, -0.05) is 23.7 Å². The van der Waals surface area contributed by atoms with Crippen LogP contribution in [0.1, 0.15) is 24.8 Å². The minimum atomic E-state index is 0.582. The van der Waals surface area contributed by atoms with Gasteiger partial charge in [-0.05, 0) is 49.2 Å². The summed E-state index contributed by atoms with van der Waals surface area (Å²) in [5.74, 6) is 0. The first-order valence-corrected chi connectivity index (χ1v) is 9.59. The Morgan fingerprint density at radius 1 is 1.33 bits per heavy atom. The lowest BCUT2D eigenvalue weighted by Crippen LogP contribution is -2.42. The SMILES string of the molecule is S=C(NC1CC1)N(CCCN1CCOCC1)Cc1cccc(Cl)c1. The van der Waals surface area contributed by atoms with Gasteiger partial charge in [0, 0.05) is 43.8 Å². The molecule has 0 spiro atoms. The van der Waals surface area contributed by atoms with Gasteiger partial charge in [0.1, 0.15) is 0 Å². The molecule has 24 heavy (non-hydrogen) atoms. The number of thiocarbonyl (C=S) groups is 1. The lowest BCUT2D eigenvalue weighted by atomic mass is 10.2. The van der Waals surface area contributed by atoms with Gasteiger partial charge in [-0.2, -0.15) is 0 Å². The smallest absolute Gasteiger partial charge is 0.169 e. The highest BCUT2D eigenvalue weighted by Crippen LogP contribution is 2.20. The van der Waals surface area contributed by atoms with Crippen molar-refractivity contribution in [3.63, 3.8) is 0 Å². The van der Waals surface area contributed by atoms with Gasteiger partial charge < -0.3 is 15.0 Å². The Kier molecular flexibility index (Phi) is 6.72. The normalized spacial score (nSPS) is 18.4. The number of rotatable bonds is 7. The Morgan fingerprint density at radius 2 is 2.12 bits per heavy atom. The van der Waals surface area contributed by atoms with Crippen LogP contribution in [0.2, 0.25) is 5.02 Å². The van der Waals surface area contributed by atoms with Gasteiger partial charge in [0.25, 0.3) is 0 Å². The Labute approximate surface area is 155 Å². The van der Waals surface area contributed by atoms with Crippen molar-refractivity contribution in [1.82, 2.24) is 15.1 Å². The van der Waals surface area contributed by atoms with Gasteiger partial charge in [0.15, 0.2) is 5.11 Å². The molecule has 1 aromatic carbocycles. The molecule has 2 aliphatic rings. The van der Waals surface area contributed by atoms with Gasteiger partial charge in [-0.25, -0.2) is 0 Å². The van der Waals surface area contributed by atoms with Crippen LogP contribution in [-0.2, 0) is 11.3 Å². The first-order valence-electron chi connectivity index (χ1n) is 8.81. The van der Waals surface area contributed by atoms with Crippen LogP contribution in [0.3, 0.4) is 0 Å². The van der Waals surface area contributed by atoms with E-state index in [0.29, 0.717) is 6.04 Å². The topological polar surface area (TPSA) is 27.7 Å². The van der Waals surface area contributed by atoms with Gasteiger partial charge >= 0.3 is 0 Å². The zero-order chi connectivity index (χ0) is 16.8. The number of hydrogen-bond donors (Lipinski definition) is 1.